The van der Waals surface area contributed by atoms with Gasteiger partial charge in [-0.3, -0.25) is 9.10 Å². The van der Waals surface area contributed by atoms with E-state index in [9.17, 15) is 13.2 Å². The average Bonchev–Trinajstić information content (AvgIpc) is 2.45. The number of anilines is 1. The molecule has 0 N–H and O–H groups in total. The largest absolute Gasteiger partial charge is 0.492 e. The quantitative estimate of drug-likeness (QED) is 0.712. The lowest BCUT2D eigenvalue weighted by Gasteiger charge is -2.24. The molecule has 7 heteroatoms. The summed E-state index contributed by atoms with van der Waals surface area (Å²) in [5.41, 5.74) is 0.335. The highest BCUT2D eigenvalue weighted by Gasteiger charge is 2.26. The Hall–Kier alpha value is -1.76. The van der Waals surface area contributed by atoms with Gasteiger partial charge < -0.3 is 9.47 Å². The summed E-state index contributed by atoms with van der Waals surface area (Å²) < 4.78 is 35.3. The molecular weight excluding hydrogens is 282 g/mol. The zero-order valence-corrected chi connectivity index (χ0v) is 12.6. The molecule has 0 atom stereocenters. The molecule has 0 bridgehead atoms. The van der Waals surface area contributed by atoms with Gasteiger partial charge in [0.25, 0.3) is 0 Å². The molecule has 1 aromatic rings. The zero-order chi connectivity index (χ0) is 15.2. The van der Waals surface area contributed by atoms with Crippen molar-refractivity contribution in [3.8, 4) is 5.75 Å². The summed E-state index contributed by atoms with van der Waals surface area (Å²) in [6, 6.07) is 6.69. The fourth-order valence-electron chi connectivity index (χ4n) is 1.61. The first-order valence-electron chi connectivity index (χ1n) is 6.25. The number of ether oxygens (including phenoxy) is 2. The molecule has 0 radical (unpaired) electrons. The average molecular weight is 301 g/mol. The minimum atomic E-state index is -3.61. The van der Waals surface area contributed by atoms with Crippen LogP contribution in [0.4, 0.5) is 5.69 Å². The van der Waals surface area contributed by atoms with Gasteiger partial charge in [-0.1, -0.05) is 12.1 Å². The third-order valence-corrected chi connectivity index (χ3v) is 4.36. The van der Waals surface area contributed by atoms with Crippen LogP contribution in [-0.4, -0.2) is 40.4 Å². The Labute approximate surface area is 119 Å². The van der Waals surface area contributed by atoms with Crippen molar-refractivity contribution in [2.24, 2.45) is 0 Å². The van der Waals surface area contributed by atoms with Crippen molar-refractivity contribution in [3.05, 3.63) is 24.3 Å². The van der Waals surface area contributed by atoms with Gasteiger partial charge in [0.2, 0.25) is 10.0 Å². The molecule has 0 aromatic heterocycles. The molecule has 0 saturated carbocycles. The summed E-state index contributed by atoms with van der Waals surface area (Å²) in [4.78, 5) is 11.5. The number of methoxy groups -OCH3 is 1. The van der Waals surface area contributed by atoms with Gasteiger partial charge in [-0.15, -0.1) is 0 Å². The van der Waals surface area contributed by atoms with Crippen molar-refractivity contribution in [3.63, 3.8) is 0 Å². The molecule has 0 aliphatic carbocycles. The highest BCUT2D eigenvalue weighted by molar-refractivity contribution is 7.92. The standard InChI is InChI=1S/C13H19NO5S/c1-4-19-12-9-7-6-8-11(12)14(10-13(15)18-3)20(16,17)5-2/h6-9H,4-5,10H2,1-3H3. The number of carbonyl (C=O) groups excluding carboxylic acids is 1. The lowest BCUT2D eigenvalue weighted by Crippen LogP contribution is -2.37. The number of hydrogen-bond acceptors (Lipinski definition) is 5. The van der Waals surface area contributed by atoms with Crippen LogP contribution in [0.5, 0.6) is 5.75 Å². The second kappa shape index (κ2) is 7.14. The molecule has 6 nitrogen and oxygen atoms in total. The molecule has 0 aliphatic heterocycles. The zero-order valence-electron chi connectivity index (χ0n) is 11.8. The summed E-state index contributed by atoms with van der Waals surface area (Å²) in [5, 5.41) is 0. The summed E-state index contributed by atoms with van der Waals surface area (Å²) in [6.07, 6.45) is 0. The van der Waals surface area contributed by atoms with Crippen LogP contribution in [0.15, 0.2) is 24.3 Å². The molecule has 0 saturated heterocycles. The van der Waals surface area contributed by atoms with Gasteiger partial charge in [0.1, 0.15) is 12.3 Å². The van der Waals surface area contributed by atoms with Gasteiger partial charge in [0.05, 0.1) is 25.2 Å². The molecule has 0 aliphatic rings. The Bertz CT molecular complexity index is 556. The molecule has 1 aromatic carbocycles. The van der Waals surface area contributed by atoms with E-state index in [2.05, 4.69) is 4.74 Å². The lowest BCUT2D eigenvalue weighted by molar-refractivity contribution is -0.138. The van der Waals surface area contributed by atoms with E-state index in [0.717, 1.165) is 4.31 Å². The summed E-state index contributed by atoms with van der Waals surface area (Å²) in [6.45, 7) is 3.34. The van der Waals surface area contributed by atoms with Gasteiger partial charge in [-0.25, -0.2) is 8.42 Å². The molecule has 0 unspecified atom stereocenters. The first-order chi connectivity index (χ1) is 9.46. The molecule has 0 fully saturated rings. The Balaban J connectivity index is 3.27. The summed E-state index contributed by atoms with van der Waals surface area (Å²) in [7, 11) is -2.39. The van der Waals surface area contributed by atoms with Gasteiger partial charge in [0.15, 0.2) is 0 Å². The predicted molar refractivity (Wildman–Crippen MR) is 76.4 cm³/mol. The maximum atomic E-state index is 12.2. The van der Waals surface area contributed by atoms with Crippen molar-refractivity contribution in [1.29, 1.82) is 0 Å². The maximum Gasteiger partial charge on any atom is 0.326 e. The molecule has 0 amide bonds. The van der Waals surface area contributed by atoms with Crippen LogP contribution in [0.3, 0.4) is 0 Å². The Kier molecular flexibility index (Phi) is 5.82. The third-order valence-electron chi connectivity index (χ3n) is 2.63. The number of sulfonamides is 1. The first-order valence-corrected chi connectivity index (χ1v) is 7.86. The fraction of sp³-hybridized carbons (Fsp3) is 0.462. The van der Waals surface area contributed by atoms with Crippen LogP contribution in [0.2, 0.25) is 0 Å². The fourth-order valence-corrected chi connectivity index (χ4v) is 2.68. The molecule has 0 heterocycles. The van der Waals surface area contributed by atoms with Crippen molar-refractivity contribution in [2.75, 3.05) is 30.3 Å². The Morgan fingerprint density at radius 1 is 1.25 bits per heavy atom. The van der Waals surface area contributed by atoms with Crippen LogP contribution < -0.4 is 9.04 Å². The SMILES string of the molecule is CCOc1ccccc1N(CC(=O)OC)S(=O)(=O)CC. The number of esters is 1. The minimum Gasteiger partial charge on any atom is -0.492 e. The smallest absolute Gasteiger partial charge is 0.326 e. The number of benzene rings is 1. The van der Waals surface area contributed by atoms with E-state index < -0.39 is 16.0 Å². The van der Waals surface area contributed by atoms with Gasteiger partial charge in [-0.2, -0.15) is 0 Å². The second-order valence-electron chi connectivity index (χ2n) is 3.88. The maximum absolute atomic E-state index is 12.2. The highest BCUT2D eigenvalue weighted by Crippen LogP contribution is 2.30. The van der Waals surface area contributed by atoms with E-state index in [1.165, 1.54) is 14.0 Å². The second-order valence-corrected chi connectivity index (χ2v) is 6.07. The Morgan fingerprint density at radius 2 is 1.90 bits per heavy atom. The normalized spacial score (nSPS) is 10.9. The van der Waals surface area contributed by atoms with Gasteiger partial charge in [0, 0.05) is 0 Å². The van der Waals surface area contributed by atoms with E-state index in [4.69, 9.17) is 4.74 Å². The summed E-state index contributed by atoms with van der Waals surface area (Å²) >= 11 is 0. The first kappa shape index (κ1) is 16.3. The van der Waals surface area contributed by atoms with Crippen molar-refractivity contribution >= 4 is 21.7 Å². The molecular formula is C13H19NO5S. The lowest BCUT2D eigenvalue weighted by atomic mass is 10.3. The third kappa shape index (κ3) is 3.86. The van der Waals surface area contributed by atoms with Gasteiger partial charge >= 0.3 is 5.97 Å². The van der Waals surface area contributed by atoms with Crippen LogP contribution in [-0.2, 0) is 19.6 Å². The summed E-state index contributed by atoms with van der Waals surface area (Å²) in [5.74, 6) is -0.339. The number of para-hydroxylation sites is 2. The number of rotatable bonds is 7. The van der Waals surface area contributed by atoms with Gasteiger partial charge in [-0.05, 0) is 26.0 Å². The molecule has 112 valence electrons. The van der Waals surface area contributed by atoms with E-state index in [1.807, 2.05) is 0 Å². The Morgan fingerprint density at radius 3 is 2.45 bits per heavy atom. The van der Waals surface area contributed by atoms with Crippen LogP contribution >= 0.6 is 0 Å². The molecule has 20 heavy (non-hydrogen) atoms. The van der Waals surface area contributed by atoms with E-state index in [1.54, 1.807) is 31.2 Å². The van der Waals surface area contributed by atoms with E-state index in [-0.39, 0.29) is 12.3 Å². The number of carbonyl (C=O) groups is 1. The van der Waals surface area contributed by atoms with Crippen LogP contribution in [0, 0.1) is 0 Å². The number of nitrogens with zero attached hydrogens (tertiary/aromatic N) is 1. The topological polar surface area (TPSA) is 72.9 Å². The van der Waals surface area contributed by atoms with E-state index in [0.29, 0.717) is 18.0 Å². The minimum absolute atomic E-state index is 0.121. The molecule has 1 rings (SSSR count). The monoisotopic (exact) mass is 301 g/mol. The van der Waals surface area contributed by atoms with Crippen molar-refractivity contribution in [2.45, 2.75) is 13.8 Å². The van der Waals surface area contributed by atoms with Crippen LogP contribution in [0.25, 0.3) is 0 Å². The van der Waals surface area contributed by atoms with Crippen molar-refractivity contribution < 1.29 is 22.7 Å². The highest BCUT2D eigenvalue weighted by atomic mass is 32.2. The van der Waals surface area contributed by atoms with Crippen LogP contribution in [0.1, 0.15) is 13.8 Å². The predicted octanol–water partition coefficient (Wildman–Crippen LogP) is 1.41. The van der Waals surface area contributed by atoms with E-state index >= 15 is 0 Å². The number of hydrogen-bond donors (Lipinski definition) is 0. The van der Waals surface area contributed by atoms with Crippen molar-refractivity contribution in [1.82, 2.24) is 0 Å². The molecule has 0 spiro atoms.